The number of aliphatic hydroxyl groups excluding tert-OH is 1. The van der Waals surface area contributed by atoms with E-state index in [0.717, 1.165) is 11.3 Å². The van der Waals surface area contributed by atoms with Gasteiger partial charge in [0, 0.05) is 13.3 Å². The number of ether oxygens (including phenoxy) is 2. The average Bonchev–Trinajstić information content (AvgIpc) is 3.03. The van der Waals surface area contributed by atoms with Gasteiger partial charge in [0.25, 0.3) is 0 Å². The number of thiazole rings is 1. The van der Waals surface area contributed by atoms with Crippen molar-refractivity contribution in [2.24, 2.45) is 0 Å². The van der Waals surface area contributed by atoms with Crippen molar-refractivity contribution < 1.29 is 19.4 Å². The highest BCUT2D eigenvalue weighted by molar-refractivity contribution is 7.16. The summed E-state index contributed by atoms with van der Waals surface area (Å²) in [6.45, 7) is 3.18. The van der Waals surface area contributed by atoms with Crippen LogP contribution < -0.4 is 10.6 Å². The molecule has 2 aromatic heterocycles. The Morgan fingerprint density at radius 3 is 3.08 bits per heavy atom. The molecule has 0 saturated carbocycles. The van der Waals surface area contributed by atoms with Crippen LogP contribution in [0.1, 0.15) is 32.9 Å². The quantitative estimate of drug-likeness (QED) is 0.756. The summed E-state index contributed by atoms with van der Waals surface area (Å²) >= 11 is 0.953. The molecule has 0 radical (unpaired) electrons. The van der Waals surface area contributed by atoms with Crippen LogP contribution in [0.3, 0.4) is 0 Å². The summed E-state index contributed by atoms with van der Waals surface area (Å²) < 4.78 is 12.9. The molecule has 130 valence electrons. The Morgan fingerprint density at radius 2 is 2.42 bits per heavy atom. The molecule has 1 aliphatic heterocycles. The molecule has 1 aliphatic rings. The fourth-order valence-corrected chi connectivity index (χ4v) is 3.68. The number of aliphatic hydroxyl groups is 1. The Bertz CT molecular complexity index is 819. The third kappa shape index (κ3) is 2.99. The van der Waals surface area contributed by atoms with Crippen molar-refractivity contribution in [1.29, 1.82) is 0 Å². The summed E-state index contributed by atoms with van der Waals surface area (Å²) in [7, 11) is 0. The molecule has 0 spiro atoms. The van der Waals surface area contributed by atoms with Crippen LogP contribution in [0.4, 0.5) is 5.95 Å². The molecule has 1 unspecified atom stereocenters. The number of hydrogen-bond donors (Lipinski definition) is 2. The van der Waals surface area contributed by atoms with Crippen molar-refractivity contribution in [3.05, 3.63) is 15.9 Å². The topological polar surface area (TPSA) is 130 Å². The molecule has 1 saturated heterocycles. The molecule has 10 heteroatoms. The first kappa shape index (κ1) is 16.8. The first-order valence-corrected chi connectivity index (χ1v) is 8.36. The molecule has 2 aromatic rings. The van der Waals surface area contributed by atoms with Gasteiger partial charge in [-0.25, -0.2) is 4.98 Å². The van der Waals surface area contributed by atoms with Gasteiger partial charge >= 0.3 is 10.8 Å². The van der Waals surface area contributed by atoms with E-state index in [9.17, 15) is 14.7 Å². The molecule has 0 aliphatic carbocycles. The number of nitrogens with two attached hydrogens (primary N) is 1. The van der Waals surface area contributed by atoms with Gasteiger partial charge < -0.3 is 20.3 Å². The Balaban J connectivity index is 1.93. The third-order valence-electron chi connectivity index (χ3n) is 3.88. The van der Waals surface area contributed by atoms with E-state index in [4.69, 9.17) is 15.2 Å². The van der Waals surface area contributed by atoms with Gasteiger partial charge in [-0.3, -0.25) is 14.2 Å². The maximum Gasteiger partial charge on any atom is 0.311 e. The zero-order valence-electron chi connectivity index (χ0n) is 13.2. The lowest BCUT2D eigenvalue weighted by molar-refractivity contribution is -0.156. The van der Waals surface area contributed by atoms with Gasteiger partial charge in [-0.05, 0) is 6.42 Å². The van der Waals surface area contributed by atoms with Crippen LogP contribution in [-0.2, 0) is 14.3 Å². The normalized spacial score (nSPS) is 25.0. The molecule has 24 heavy (non-hydrogen) atoms. The van der Waals surface area contributed by atoms with Crippen molar-refractivity contribution in [3.63, 3.8) is 0 Å². The Morgan fingerprint density at radius 1 is 1.67 bits per heavy atom. The van der Waals surface area contributed by atoms with E-state index < -0.39 is 30.5 Å². The van der Waals surface area contributed by atoms with Crippen LogP contribution in [0.15, 0.2) is 11.0 Å². The zero-order chi connectivity index (χ0) is 17.4. The first-order valence-electron chi connectivity index (χ1n) is 7.55. The summed E-state index contributed by atoms with van der Waals surface area (Å²) in [5.74, 6) is -0.383. The van der Waals surface area contributed by atoms with Crippen molar-refractivity contribution in [1.82, 2.24) is 14.5 Å². The number of anilines is 1. The number of fused-ring (bicyclic) bond motifs is 1. The number of rotatable bonds is 4. The number of carbonyl (C=O) groups is 1. The highest BCUT2D eigenvalue weighted by Crippen LogP contribution is 2.33. The Labute approximate surface area is 141 Å². The van der Waals surface area contributed by atoms with Crippen LogP contribution in [0.5, 0.6) is 0 Å². The second-order valence-electron chi connectivity index (χ2n) is 5.58. The highest BCUT2D eigenvalue weighted by Gasteiger charge is 2.41. The van der Waals surface area contributed by atoms with Crippen LogP contribution in [0.2, 0.25) is 0 Å². The highest BCUT2D eigenvalue weighted by atomic mass is 32.1. The van der Waals surface area contributed by atoms with Gasteiger partial charge in [-0.15, -0.1) is 0 Å². The predicted octanol–water partition coefficient (Wildman–Crippen LogP) is 0.425. The van der Waals surface area contributed by atoms with Crippen molar-refractivity contribution in [2.75, 3.05) is 5.73 Å². The van der Waals surface area contributed by atoms with Gasteiger partial charge in [0.05, 0.1) is 17.0 Å². The van der Waals surface area contributed by atoms with E-state index in [0.29, 0.717) is 16.8 Å². The van der Waals surface area contributed by atoms with Crippen LogP contribution in [0.25, 0.3) is 10.3 Å². The maximum absolute atomic E-state index is 12.3. The standard InChI is InChI=1S/C14H18N4O5S/c1-3-8(22-6(2)19)9-4-7(20)12(23-9)18-11-10(24-14(18)21)5-16-13(15)17-11/h5,7-9,12,20H,3-4H2,1-2H3,(H2,15,16,17)/t7?,8-,9-,12+/m0/s1. The number of esters is 1. The number of nitrogens with zero attached hydrogens (tertiary/aromatic N) is 3. The minimum absolute atomic E-state index is 0.0319. The Kier molecular flexibility index (Phi) is 4.52. The minimum Gasteiger partial charge on any atom is -0.460 e. The van der Waals surface area contributed by atoms with E-state index in [-0.39, 0.29) is 17.2 Å². The summed E-state index contributed by atoms with van der Waals surface area (Å²) in [4.78, 5) is 31.1. The zero-order valence-corrected chi connectivity index (χ0v) is 14.0. The van der Waals surface area contributed by atoms with E-state index in [1.165, 1.54) is 17.7 Å². The van der Waals surface area contributed by atoms with Gasteiger partial charge in [-0.1, -0.05) is 18.3 Å². The Hall–Kier alpha value is -2.04. The molecule has 0 bridgehead atoms. The van der Waals surface area contributed by atoms with Crippen LogP contribution in [-0.4, -0.2) is 43.9 Å². The summed E-state index contributed by atoms with van der Waals surface area (Å²) in [5, 5.41) is 10.4. The molecule has 3 rings (SSSR count). The molecule has 3 N–H and O–H groups in total. The number of aromatic nitrogens is 3. The van der Waals surface area contributed by atoms with E-state index in [1.54, 1.807) is 0 Å². The van der Waals surface area contributed by atoms with E-state index in [1.807, 2.05) is 6.92 Å². The van der Waals surface area contributed by atoms with Crippen molar-refractivity contribution in [2.45, 2.75) is 51.2 Å². The largest absolute Gasteiger partial charge is 0.460 e. The fourth-order valence-electron chi connectivity index (χ4n) is 2.86. The summed E-state index contributed by atoms with van der Waals surface area (Å²) in [5.41, 5.74) is 5.92. The lowest BCUT2D eigenvalue weighted by Gasteiger charge is -2.22. The van der Waals surface area contributed by atoms with Crippen LogP contribution >= 0.6 is 11.3 Å². The summed E-state index contributed by atoms with van der Waals surface area (Å²) in [6.07, 6.45) is -0.560. The van der Waals surface area contributed by atoms with Gasteiger partial charge in [0.15, 0.2) is 11.9 Å². The monoisotopic (exact) mass is 354 g/mol. The van der Waals surface area contributed by atoms with Crippen LogP contribution in [0, 0.1) is 0 Å². The van der Waals surface area contributed by atoms with Crippen molar-refractivity contribution in [3.8, 4) is 0 Å². The SMILES string of the molecule is CC[C@H](OC(C)=O)[C@@H]1CC(O)[C@H](n2c(=O)sc3cnc(N)nc32)O1. The number of carbonyl (C=O) groups excluding carboxylic acids is 1. The molecule has 0 aromatic carbocycles. The first-order chi connectivity index (χ1) is 11.4. The van der Waals surface area contributed by atoms with Gasteiger partial charge in [0.2, 0.25) is 5.95 Å². The van der Waals surface area contributed by atoms with Gasteiger partial charge in [-0.2, -0.15) is 4.98 Å². The fraction of sp³-hybridized carbons (Fsp3) is 0.571. The predicted molar refractivity (Wildman–Crippen MR) is 86.5 cm³/mol. The minimum atomic E-state index is -0.925. The maximum atomic E-state index is 12.3. The van der Waals surface area contributed by atoms with Gasteiger partial charge in [0.1, 0.15) is 12.2 Å². The molecular formula is C14H18N4O5S. The lowest BCUT2D eigenvalue weighted by atomic mass is 10.1. The third-order valence-corrected chi connectivity index (χ3v) is 4.76. The molecule has 1 fully saturated rings. The molecule has 0 amide bonds. The summed E-state index contributed by atoms with van der Waals surface area (Å²) in [6, 6.07) is 0. The second kappa shape index (κ2) is 6.46. The molecular weight excluding hydrogens is 336 g/mol. The van der Waals surface area contributed by atoms with Crippen molar-refractivity contribution >= 4 is 33.6 Å². The smallest absolute Gasteiger partial charge is 0.311 e. The molecule has 4 atom stereocenters. The lowest BCUT2D eigenvalue weighted by Crippen LogP contribution is -2.31. The molecule has 9 nitrogen and oxygen atoms in total. The number of hydrogen-bond acceptors (Lipinski definition) is 9. The average molecular weight is 354 g/mol. The molecule has 3 heterocycles. The number of nitrogen functional groups attached to an aromatic ring is 1. The van der Waals surface area contributed by atoms with E-state index >= 15 is 0 Å². The van der Waals surface area contributed by atoms with E-state index in [2.05, 4.69) is 9.97 Å². The second-order valence-corrected chi connectivity index (χ2v) is 6.57.